The standard InChI is InChI=1S/C14H21N5OS/c1-11-15-6-8-18(11)10-12-4-3-7-19(12)14-16-13(17-21-14)5-9-20-2/h6,8,12H,3-5,7,9-10H2,1-2H3. The number of ether oxygens (including phenoxy) is 1. The van der Waals surface area contributed by atoms with Crippen LogP contribution in [0, 0.1) is 6.92 Å². The monoisotopic (exact) mass is 307 g/mol. The lowest BCUT2D eigenvalue weighted by atomic mass is 10.2. The maximum Gasteiger partial charge on any atom is 0.205 e. The molecule has 0 amide bonds. The maximum absolute atomic E-state index is 5.09. The highest BCUT2D eigenvalue weighted by Crippen LogP contribution is 2.28. The Balaban J connectivity index is 1.68. The minimum absolute atomic E-state index is 0.487. The van der Waals surface area contributed by atoms with E-state index in [1.807, 2.05) is 13.1 Å². The molecule has 114 valence electrons. The van der Waals surface area contributed by atoms with Gasteiger partial charge >= 0.3 is 0 Å². The SMILES string of the molecule is COCCc1nsc(N2CCCC2Cn2ccnc2C)n1. The number of aryl methyl sites for hydroxylation is 1. The zero-order valence-corrected chi connectivity index (χ0v) is 13.3. The first-order valence-corrected chi connectivity index (χ1v) is 8.11. The van der Waals surface area contributed by atoms with Gasteiger partial charge in [0.05, 0.1) is 6.61 Å². The molecular weight excluding hydrogens is 286 g/mol. The fourth-order valence-corrected chi connectivity index (χ4v) is 3.57. The summed E-state index contributed by atoms with van der Waals surface area (Å²) < 4.78 is 11.7. The molecule has 2 aromatic rings. The van der Waals surface area contributed by atoms with Crippen molar-refractivity contribution in [3.63, 3.8) is 0 Å². The smallest absolute Gasteiger partial charge is 0.205 e. The molecule has 3 rings (SSSR count). The summed E-state index contributed by atoms with van der Waals surface area (Å²) in [4.78, 5) is 11.4. The number of rotatable bonds is 6. The van der Waals surface area contributed by atoms with Crippen molar-refractivity contribution in [2.45, 2.75) is 38.8 Å². The number of methoxy groups -OCH3 is 1. The molecule has 1 aliphatic heterocycles. The molecule has 1 atom stereocenters. The molecule has 0 bridgehead atoms. The molecule has 1 saturated heterocycles. The van der Waals surface area contributed by atoms with Crippen molar-refractivity contribution >= 4 is 16.7 Å². The second-order valence-electron chi connectivity index (χ2n) is 5.35. The molecule has 6 nitrogen and oxygen atoms in total. The van der Waals surface area contributed by atoms with Crippen LogP contribution < -0.4 is 4.90 Å². The van der Waals surface area contributed by atoms with Gasteiger partial charge in [0.25, 0.3) is 0 Å². The lowest BCUT2D eigenvalue weighted by Gasteiger charge is -2.24. The topological polar surface area (TPSA) is 56.1 Å². The fraction of sp³-hybridized carbons (Fsp3) is 0.643. The summed E-state index contributed by atoms with van der Waals surface area (Å²) in [7, 11) is 1.71. The van der Waals surface area contributed by atoms with E-state index in [9.17, 15) is 0 Å². The van der Waals surface area contributed by atoms with Gasteiger partial charge in [-0.15, -0.1) is 0 Å². The normalized spacial score (nSPS) is 18.6. The van der Waals surface area contributed by atoms with Crippen molar-refractivity contribution in [2.75, 3.05) is 25.2 Å². The van der Waals surface area contributed by atoms with E-state index in [1.54, 1.807) is 7.11 Å². The van der Waals surface area contributed by atoms with E-state index in [0.717, 1.165) is 36.3 Å². The number of hydrogen-bond acceptors (Lipinski definition) is 6. The van der Waals surface area contributed by atoms with Crippen LogP contribution in [0.15, 0.2) is 12.4 Å². The molecule has 0 radical (unpaired) electrons. The third-order valence-electron chi connectivity index (χ3n) is 3.94. The molecule has 0 aromatic carbocycles. The highest BCUT2D eigenvalue weighted by atomic mass is 32.1. The van der Waals surface area contributed by atoms with Gasteiger partial charge in [-0.3, -0.25) is 0 Å². The quantitative estimate of drug-likeness (QED) is 0.816. The van der Waals surface area contributed by atoms with Crippen molar-refractivity contribution in [3.8, 4) is 0 Å². The Morgan fingerprint density at radius 2 is 2.38 bits per heavy atom. The Labute approximate surface area is 129 Å². The van der Waals surface area contributed by atoms with E-state index in [0.29, 0.717) is 12.6 Å². The molecule has 1 unspecified atom stereocenters. The first kappa shape index (κ1) is 14.5. The molecular formula is C14H21N5OS. The number of aromatic nitrogens is 4. The summed E-state index contributed by atoms with van der Waals surface area (Å²) in [6.45, 7) is 4.76. The molecule has 7 heteroatoms. The summed E-state index contributed by atoms with van der Waals surface area (Å²) in [6.07, 6.45) is 7.11. The van der Waals surface area contributed by atoms with Crippen LogP contribution in [0.1, 0.15) is 24.5 Å². The Morgan fingerprint density at radius 3 is 3.14 bits per heavy atom. The Hall–Kier alpha value is -1.47. The third-order valence-corrected chi connectivity index (χ3v) is 4.73. The number of hydrogen-bond donors (Lipinski definition) is 0. The molecule has 1 aliphatic rings. The van der Waals surface area contributed by atoms with Gasteiger partial charge in [-0.25, -0.2) is 9.97 Å². The summed E-state index contributed by atoms with van der Waals surface area (Å²) in [5.74, 6) is 1.96. The zero-order valence-electron chi connectivity index (χ0n) is 12.5. The lowest BCUT2D eigenvalue weighted by molar-refractivity contribution is 0.201. The summed E-state index contributed by atoms with van der Waals surface area (Å²) in [5.41, 5.74) is 0. The van der Waals surface area contributed by atoms with Gasteiger partial charge < -0.3 is 14.2 Å². The van der Waals surface area contributed by atoms with E-state index in [4.69, 9.17) is 4.74 Å². The minimum Gasteiger partial charge on any atom is -0.384 e. The van der Waals surface area contributed by atoms with Crippen molar-refractivity contribution in [2.24, 2.45) is 0 Å². The van der Waals surface area contributed by atoms with Crippen LogP contribution in [0.3, 0.4) is 0 Å². The van der Waals surface area contributed by atoms with Crippen LogP contribution in [0.2, 0.25) is 0 Å². The van der Waals surface area contributed by atoms with Crippen molar-refractivity contribution in [1.29, 1.82) is 0 Å². The zero-order chi connectivity index (χ0) is 14.7. The summed E-state index contributed by atoms with van der Waals surface area (Å²) in [5, 5.41) is 1.04. The van der Waals surface area contributed by atoms with Crippen molar-refractivity contribution < 1.29 is 4.74 Å². The van der Waals surface area contributed by atoms with Crippen LogP contribution in [-0.2, 0) is 17.7 Å². The van der Waals surface area contributed by atoms with Crippen LogP contribution >= 0.6 is 11.5 Å². The van der Waals surface area contributed by atoms with E-state index < -0.39 is 0 Å². The van der Waals surface area contributed by atoms with E-state index in [2.05, 4.69) is 30.0 Å². The Kier molecular flexibility index (Phi) is 4.50. The van der Waals surface area contributed by atoms with E-state index >= 15 is 0 Å². The second-order valence-corrected chi connectivity index (χ2v) is 6.08. The predicted molar refractivity (Wildman–Crippen MR) is 82.8 cm³/mol. The van der Waals surface area contributed by atoms with Gasteiger partial charge in [0.15, 0.2) is 0 Å². The lowest BCUT2D eigenvalue weighted by Crippen LogP contribution is -2.33. The molecule has 21 heavy (non-hydrogen) atoms. The first-order chi connectivity index (χ1) is 10.3. The van der Waals surface area contributed by atoms with E-state index in [-0.39, 0.29) is 0 Å². The Morgan fingerprint density at radius 1 is 1.48 bits per heavy atom. The predicted octanol–water partition coefficient (Wildman–Crippen LogP) is 1.90. The van der Waals surface area contributed by atoms with Crippen LogP contribution in [0.4, 0.5) is 5.13 Å². The number of anilines is 1. The minimum atomic E-state index is 0.487. The molecule has 2 aromatic heterocycles. The van der Waals surface area contributed by atoms with Crippen LogP contribution in [0.25, 0.3) is 0 Å². The molecule has 3 heterocycles. The summed E-state index contributed by atoms with van der Waals surface area (Å²) in [6, 6.07) is 0.487. The van der Waals surface area contributed by atoms with Crippen LogP contribution in [-0.4, -0.2) is 45.2 Å². The van der Waals surface area contributed by atoms with Crippen molar-refractivity contribution in [1.82, 2.24) is 18.9 Å². The molecule has 0 spiro atoms. The fourth-order valence-electron chi connectivity index (χ4n) is 2.76. The molecule has 0 aliphatic carbocycles. The second kappa shape index (κ2) is 6.53. The number of nitrogens with zero attached hydrogens (tertiary/aromatic N) is 5. The van der Waals surface area contributed by atoms with E-state index in [1.165, 1.54) is 24.4 Å². The maximum atomic E-state index is 5.09. The highest BCUT2D eigenvalue weighted by Gasteiger charge is 2.27. The Bertz CT molecular complexity index is 581. The van der Waals surface area contributed by atoms with Gasteiger partial charge in [0.2, 0.25) is 5.13 Å². The van der Waals surface area contributed by atoms with Crippen molar-refractivity contribution in [3.05, 3.63) is 24.0 Å². The molecule has 1 fully saturated rings. The third kappa shape index (κ3) is 3.24. The van der Waals surface area contributed by atoms with Gasteiger partial charge in [-0.2, -0.15) is 4.37 Å². The van der Waals surface area contributed by atoms with Crippen LogP contribution in [0.5, 0.6) is 0 Å². The largest absolute Gasteiger partial charge is 0.384 e. The average molecular weight is 307 g/mol. The number of imidazole rings is 1. The molecule has 0 N–H and O–H groups in total. The summed E-state index contributed by atoms with van der Waals surface area (Å²) >= 11 is 1.50. The van der Waals surface area contributed by atoms with Gasteiger partial charge in [0.1, 0.15) is 11.6 Å². The highest BCUT2D eigenvalue weighted by molar-refractivity contribution is 7.09. The van der Waals surface area contributed by atoms with Gasteiger partial charge in [-0.05, 0) is 19.8 Å². The average Bonchev–Trinajstić information content (AvgIpc) is 3.19. The van der Waals surface area contributed by atoms with Gasteiger partial charge in [-0.1, -0.05) is 0 Å². The van der Waals surface area contributed by atoms with Gasteiger partial charge in [0, 0.05) is 56.6 Å². The molecule has 0 saturated carbocycles. The first-order valence-electron chi connectivity index (χ1n) is 7.34.